The van der Waals surface area contributed by atoms with Gasteiger partial charge in [0, 0.05) is 18.0 Å². The Balaban J connectivity index is 2.02. The van der Waals surface area contributed by atoms with Crippen molar-refractivity contribution in [3.05, 3.63) is 51.2 Å². The normalized spacial score (nSPS) is 11.3. The summed E-state index contributed by atoms with van der Waals surface area (Å²) in [7, 11) is 1.52. The van der Waals surface area contributed by atoms with E-state index in [2.05, 4.69) is 25.3 Å². The minimum absolute atomic E-state index is 0.241. The molecule has 0 saturated carbocycles. The SMILES string of the molecule is COc1cc(-n2[nH]c(C)c(C=Nc3ncn[nH]3)c2=O)ccc1Cl. The van der Waals surface area contributed by atoms with E-state index in [1.54, 1.807) is 25.1 Å². The molecule has 0 fully saturated rings. The summed E-state index contributed by atoms with van der Waals surface area (Å²) in [5.74, 6) is 0.810. The molecule has 0 aliphatic carbocycles. The van der Waals surface area contributed by atoms with Gasteiger partial charge in [-0.2, -0.15) is 10.1 Å². The molecule has 8 nitrogen and oxygen atoms in total. The fourth-order valence-electron chi connectivity index (χ4n) is 2.07. The van der Waals surface area contributed by atoms with Crippen LogP contribution in [0.15, 0.2) is 34.3 Å². The average Bonchev–Trinajstić information content (AvgIpc) is 3.15. The van der Waals surface area contributed by atoms with E-state index in [1.165, 1.54) is 24.3 Å². The molecule has 0 bridgehead atoms. The molecule has 0 aliphatic rings. The highest BCUT2D eigenvalue weighted by atomic mass is 35.5. The lowest BCUT2D eigenvalue weighted by Crippen LogP contribution is -2.17. The monoisotopic (exact) mass is 332 g/mol. The fraction of sp³-hybridized carbons (Fsp3) is 0.143. The van der Waals surface area contributed by atoms with Crippen molar-refractivity contribution in [2.24, 2.45) is 4.99 Å². The van der Waals surface area contributed by atoms with Crippen LogP contribution in [0.5, 0.6) is 5.75 Å². The van der Waals surface area contributed by atoms with Crippen LogP contribution in [0.4, 0.5) is 5.95 Å². The van der Waals surface area contributed by atoms with Crippen LogP contribution in [-0.4, -0.2) is 38.3 Å². The molecule has 0 saturated heterocycles. The number of ether oxygens (including phenoxy) is 1. The zero-order chi connectivity index (χ0) is 16.4. The van der Waals surface area contributed by atoms with Gasteiger partial charge in [-0.25, -0.2) is 14.8 Å². The maximum Gasteiger partial charge on any atom is 0.280 e. The van der Waals surface area contributed by atoms with Crippen LogP contribution in [0.1, 0.15) is 11.3 Å². The number of H-pyrrole nitrogens is 2. The summed E-state index contributed by atoms with van der Waals surface area (Å²) >= 11 is 6.01. The lowest BCUT2D eigenvalue weighted by Gasteiger charge is -2.06. The number of aliphatic imine (C=N–C) groups is 1. The minimum atomic E-state index is -0.241. The molecule has 23 heavy (non-hydrogen) atoms. The van der Waals surface area contributed by atoms with Gasteiger partial charge in [0.2, 0.25) is 5.95 Å². The highest BCUT2D eigenvalue weighted by molar-refractivity contribution is 6.32. The summed E-state index contributed by atoms with van der Waals surface area (Å²) in [5.41, 5.74) is 1.47. The number of nitrogens with zero attached hydrogens (tertiary/aromatic N) is 4. The third kappa shape index (κ3) is 2.88. The largest absolute Gasteiger partial charge is 0.495 e. The summed E-state index contributed by atoms with van der Waals surface area (Å²) in [6, 6.07) is 5.07. The third-order valence-corrected chi connectivity index (χ3v) is 3.54. The molecule has 0 atom stereocenters. The van der Waals surface area contributed by atoms with Crippen molar-refractivity contribution in [1.82, 2.24) is 25.0 Å². The van der Waals surface area contributed by atoms with Crippen molar-refractivity contribution in [2.75, 3.05) is 7.11 Å². The molecule has 0 spiro atoms. The number of halogens is 1. The predicted octanol–water partition coefficient (Wildman–Crippen LogP) is 2.00. The van der Waals surface area contributed by atoms with Crippen LogP contribution in [0.2, 0.25) is 5.02 Å². The molecule has 1 aromatic carbocycles. The number of aromatic amines is 2. The summed E-state index contributed by atoms with van der Waals surface area (Å²) in [6.45, 7) is 1.78. The number of hydrogen-bond donors (Lipinski definition) is 2. The van der Waals surface area contributed by atoms with Crippen LogP contribution in [0.3, 0.4) is 0 Å². The summed E-state index contributed by atoms with van der Waals surface area (Å²) < 4.78 is 6.57. The van der Waals surface area contributed by atoms with Gasteiger partial charge in [-0.15, -0.1) is 0 Å². The lowest BCUT2D eigenvalue weighted by molar-refractivity contribution is 0.414. The van der Waals surface area contributed by atoms with Crippen molar-refractivity contribution in [2.45, 2.75) is 6.92 Å². The smallest absolute Gasteiger partial charge is 0.280 e. The van der Waals surface area contributed by atoms with Gasteiger partial charge in [-0.05, 0) is 19.1 Å². The zero-order valence-corrected chi connectivity index (χ0v) is 13.1. The Morgan fingerprint density at radius 3 is 2.96 bits per heavy atom. The van der Waals surface area contributed by atoms with Crippen LogP contribution < -0.4 is 10.3 Å². The average molecular weight is 333 g/mol. The quantitative estimate of drug-likeness (QED) is 0.713. The van der Waals surface area contributed by atoms with Crippen molar-refractivity contribution in [1.29, 1.82) is 0 Å². The van der Waals surface area contributed by atoms with Gasteiger partial charge in [-0.3, -0.25) is 9.89 Å². The highest BCUT2D eigenvalue weighted by Crippen LogP contribution is 2.26. The number of methoxy groups -OCH3 is 1. The summed E-state index contributed by atoms with van der Waals surface area (Å²) in [4.78, 5) is 20.5. The number of hydrogen-bond acceptors (Lipinski definition) is 5. The second-order valence-corrected chi connectivity index (χ2v) is 5.08. The number of benzene rings is 1. The van der Waals surface area contributed by atoms with Crippen molar-refractivity contribution in [3.8, 4) is 11.4 Å². The second kappa shape index (κ2) is 6.09. The Bertz CT molecular complexity index is 910. The first-order valence-corrected chi connectivity index (χ1v) is 7.03. The van der Waals surface area contributed by atoms with E-state index in [0.717, 1.165) is 0 Å². The molecular formula is C14H13ClN6O2. The zero-order valence-electron chi connectivity index (χ0n) is 12.4. The van der Waals surface area contributed by atoms with E-state index in [9.17, 15) is 4.79 Å². The predicted molar refractivity (Wildman–Crippen MR) is 86.3 cm³/mol. The molecule has 3 rings (SSSR count). The lowest BCUT2D eigenvalue weighted by atomic mass is 10.3. The Hall–Kier alpha value is -2.87. The van der Waals surface area contributed by atoms with Crippen molar-refractivity contribution < 1.29 is 4.74 Å². The molecule has 118 valence electrons. The van der Waals surface area contributed by atoms with E-state index in [0.29, 0.717) is 33.7 Å². The van der Waals surface area contributed by atoms with Gasteiger partial charge in [0.1, 0.15) is 12.1 Å². The number of nitrogens with one attached hydrogen (secondary N) is 2. The van der Waals surface area contributed by atoms with E-state index in [-0.39, 0.29) is 5.56 Å². The molecule has 2 N–H and O–H groups in total. The molecule has 0 aliphatic heterocycles. The fourth-order valence-corrected chi connectivity index (χ4v) is 2.26. The Morgan fingerprint density at radius 1 is 1.43 bits per heavy atom. The number of aryl methyl sites for hydroxylation is 1. The van der Waals surface area contributed by atoms with Crippen LogP contribution in [0, 0.1) is 6.92 Å². The maximum absolute atomic E-state index is 12.6. The topological polar surface area (TPSA) is 101 Å². The van der Waals surface area contributed by atoms with Crippen LogP contribution in [-0.2, 0) is 0 Å². The van der Waals surface area contributed by atoms with Gasteiger partial charge >= 0.3 is 0 Å². The molecule has 9 heteroatoms. The van der Waals surface area contributed by atoms with Crippen LogP contribution >= 0.6 is 11.6 Å². The minimum Gasteiger partial charge on any atom is -0.495 e. The summed E-state index contributed by atoms with van der Waals surface area (Å²) in [6.07, 6.45) is 2.78. The molecular weight excluding hydrogens is 320 g/mol. The molecule has 0 radical (unpaired) electrons. The van der Waals surface area contributed by atoms with E-state index >= 15 is 0 Å². The number of aromatic nitrogens is 5. The second-order valence-electron chi connectivity index (χ2n) is 4.68. The Morgan fingerprint density at radius 2 is 2.26 bits per heavy atom. The van der Waals surface area contributed by atoms with E-state index in [1.807, 2.05) is 0 Å². The van der Waals surface area contributed by atoms with Gasteiger partial charge in [0.05, 0.1) is 23.4 Å². The Labute approximate surface area is 135 Å². The summed E-state index contributed by atoms with van der Waals surface area (Å²) in [5, 5.41) is 9.76. The van der Waals surface area contributed by atoms with Gasteiger partial charge in [0.25, 0.3) is 5.56 Å². The first-order chi connectivity index (χ1) is 11.1. The van der Waals surface area contributed by atoms with Gasteiger partial charge in [-0.1, -0.05) is 11.6 Å². The Kier molecular flexibility index (Phi) is 3.98. The third-order valence-electron chi connectivity index (χ3n) is 3.23. The van der Waals surface area contributed by atoms with Crippen LogP contribution in [0.25, 0.3) is 5.69 Å². The first kappa shape index (κ1) is 15.0. The maximum atomic E-state index is 12.6. The van der Waals surface area contributed by atoms with Crippen molar-refractivity contribution in [3.63, 3.8) is 0 Å². The van der Waals surface area contributed by atoms with E-state index < -0.39 is 0 Å². The first-order valence-electron chi connectivity index (χ1n) is 6.65. The standard InChI is InChI=1S/C14H13ClN6O2/c1-8-10(6-16-14-17-7-18-19-14)13(22)21(20-8)9-3-4-11(15)12(5-9)23-2/h3-7,20H,1-2H3,(H,17,18,19). The highest BCUT2D eigenvalue weighted by Gasteiger charge is 2.12. The van der Waals surface area contributed by atoms with E-state index in [4.69, 9.17) is 16.3 Å². The molecule has 2 aromatic heterocycles. The molecule has 0 amide bonds. The molecule has 0 unspecified atom stereocenters. The van der Waals surface area contributed by atoms with Gasteiger partial charge < -0.3 is 4.74 Å². The van der Waals surface area contributed by atoms with Gasteiger partial charge in [0.15, 0.2) is 0 Å². The van der Waals surface area contributed by atoms with Crippen molar-refractivity contribution >= 4 is 23.8 Å². The molecule has 2 heterocycles. The number of rotatable bonds is 4. The molecule has 3 aromatic rings.